The fourth-order valence-corrected chi connectivity index (χ4v) is 4.04. The molecule has 0 amide bonds. The summed E-state index contributed by atoms with van der Waals surface area (Å²) in [6.45, 7) is 6.94. The van der Waals surface area contributed by atoms with Crippen molar-refractivity contribution in [2.24, 2.45) is 5.92 Å². The van der Waals surface area contributed by atoms with Gasteiger partial charge in [0.05, 0.1) is 0 Å². The molecular weight excluding hydrogens is 236 g/mol. The second-order valence-corrected chi connectivity index (χ2v) is 7.23. The van der Waals surface area contributed by atoms with Gasteiger partial charge in [0.15, 0.2) is 0 Å². The summed E-state index contributed by atoms with van der Waals surface area (Å²) in [6, 6.07) is 0.843. The van der Waals surface area contributed by atoms with E-state index in [9.17, 15) is 0 Å². The Morgan fingerprint density at radius 1 is 1.12 bits per heavy atom. The SMILES string of the molecule is CCO[Si](CCCOCC1CC1)(OC)OCC. The maximum atomic E-state index is 5.70. The van der Waals surface area contributed by atoms with Crippen LogP contribution in [0.4, 0.5) is 0 Å². The fourth-order valence-electron chi connectivity index (χ4n) is 1.77. The van der Waals surface area contributed by atoms with Crippen molar-refractivity contribution in [2.75, 3.05) is 33.5 Å². The van der Waals surface area contributed by atoms with Crippen LogP contribution in [0, 0.1) is 5.92 Å². The van der Waals surface area contributed by atoms with Gasteiger partial charge >= 0.3 is 8.80 Å². The first-order chi connectivity index (χ1) is 8.26. The van der Waals surface area contributed by atoms with Crippen LogP contribution in [-0.2, 0) is 18.0 Å². The summed E-state index contributed by atoms with van der Waals surface area (Å²) in [5, 5.41) is 0. The topological polar surface area (TPSA) is 36.9 Å². The molecule has 1 aliphatic rings. The highest BCUT2D eigenvalue weighted by Crippen LogP contribution is 2.28. The van der Waals surface area contributed by atoms with Gasteiger partial charge < -0.3 is 18.0 Å². The Bertz CT molecular complexity index is 191. The Morgan fingerprint density at radius 3 is 2.24 bits per heavy atom. The van der Waals surface area contributed by atoms with Crippen LogP contribution in [0.3, 0.4) is 0 Å². The normalized spacial score (nSPS) is 16.4. The van der Waals surface area contributed by atoms with Crippen molar-refractivity contribution < 1.29 is 18.0 Å². The van der Waals surface area contributed by atoms with Gasteiger partial charge in [0, 0.05) is 39.6 Å². The second-order valence-electron chi connectivity index (χ2n) is 4.38. The highest BCUT2D eigenvalue weighted by Gasteiger charge is 2.38. The summed E-state index contributed by atoms with van der Waals surface area (Å²) < 4.78 is 22.5. The Labute approximate surface area is 106 Å². The Kier molecular flexibility index (Phi) is 7.30. The molecule has 0 atom stereocenters. The molecule has 1 fully saturated rings. The minimum Gasteiger partial charge on any atom is -0.381 e. The molecule has 1 saturated carbocycles. The van der Waals surface area contributed by atoms with Crippen LogP contribution in [0.1, 0.15) is 33.1 Å². The molecule has 0 bridgehead atoms. The summed E-state index contributed by atoms with van der Waals surface area (Å²) in [4.78, 5) is 0. The molecule has 5 heteroatoms. The van der Waals surface area contributed by atoms with Crippen LogP contribution in [0.5, 0.6) is 0 Å². The molecule has 0 aromatic heterocycles. The Morgan fingerprint density at radius 2 is 1.76 bits per heavy atom. The number of hydrogen-bond acceptors (Lipinski definition) is 4. The van der Waals surface area contributed by atoms with E-state index in [0.29, 0.717) is 13.2 Å². The lowest BCUT2D eigenvalue weighted by Gasteiger charge is -2.27. The van der Waals surface area contributed by atoms with E-state index < -0.39 is 8.80 Å². The first-order valence-corrected chi connectivity index (χ1v) is 8.60. The molecule has 0 aromatic rings. The van der Waals surface area contributed by atoms with Gasteiger partial charge in [-0.05, 0) is 39.0 Å². The van der Waals surface area contributed by atoms with Crippen LogP contribution in [0.25, 0.3) is 0 Å². The van der Waals surface area contributed by atoms with E-state index in [2.05, 4.69) is 0 Å². The van der Waals surface area contributed by atoms with Gasteiger partial charge in [-0.25, -0.2) is 0 Å². The molecule has 0 aliphatic heterocycles. The van der Waals surface area contributed by atoms with E-state index in [1.54, 1.807) is 7.11 Å². The van der Waals surface area contributed by atoms with E-state index in [1.165, 1.54) is 12.8 Å². The summed E-state index contributed by atoms with van der Waals surface area (Å²) in [5.41, 5.74) is 0. The summed E-state index contributed by atoms with van der Waals surface area (Å²) in [7, 11) is -0.728. The predicted octanol–water partition coefficient (Wildman–Crippen LogP) is 2.46. The van der Waals surface area contributed by atoms with Crippen molar-refractivity contribution in [3.05, 3.63) is 0 Å². The zero-order valence-electron chi connectivity index (χ0n) is 11.4. The van der Waals surface area contributed by atoms with E-state index in [4.69, 9.17) is 18.0 Å². The van der Waals surface area contributed by atoms with Crippen LogP contribution in [-0.4, -0.2) is 42.3 Å². The van der Waals surface area contributed by atoms with Crippen molar-refractivity contribution in [1.29, 1.82) is 0 Å². The van der Waals surface area contributed by atoms with E-state index >= 15 is 0 Å². The lowest BCUT2D eigenvalue weighted by Crippen LogP contribution is -2.45. The minimum atomic E-state index is -2.41. The average Bonchev–Trinajstić information content (AvgIpc) is 3.13. The highest BCUT2D eigenvalue weighted by atomic mass is 28.4. The van der Waals surface area contributed by atoms with Crippen LogP contribution in [0.15, 0.2) is 0 Å². The molecule has 4 nitrogen and oxygen atoms in total. The van der Waals surface area contributed by atoms with E-state index in [-0.39, 0.29) is 0 Å². The number of ether oxygens (including phenoxy) is 1. The molecule has 0 N–H and O–H groups in total. The first-order valence-electron chi connectivity index (χ1n) is 6.67. The summed E-state index contributed by atoms with van der Waals surface area (Å²) in [5.74, 6) is 0.832. The van der Waals surface area contributed by atoms with Crippen molar-refractivity contribution in [3.8, 4) is 0 Å². The zero-order chi connectivity index (χ0) is 12.6. The van der Waals surface area contributed by atoms with Gasteiger partial charge in [0.2, 0.25) is 0 Å². The van der Waals surface area contributed by atoms with Crippen molar-refractivity contribution >= 4 is 8.80 Å². The molecule has 17 heavy (non-hydrogen) atoms. The van der Waals surface area contributed by atoms with Gasteiger partial charge in [-0.3, -0.25) is 0 Å². The third-order valence-electron chi connectivity index (χ3n) is 2.86. The standard InChI is InChI=1S/C12H26O4Si/c1-4-15-17(13-3,16-5-2)10-6-9-14-11-12-7-8-12/h12H,4-11H2,1-3H3. The van der Waals surface area contributed by atoms with Crippen molar-refractivity contribution in [1.82, 2.24) is 0 Å². The molecule has 0 unspecified atom stereocenters. The van der Waals surface area contributed by atoms with Crippen LogP contribution in [0.2, 0.25) is 6.04 Å². The molecule has 1 aliphatic carbocycles. The van der Waals surface area contributed by atoms with Gasteiger partial charge in [0.1, 0.15) is 0 Å². The maximum absolute atomic E-state index is 5.70. The third-order valence-corrected chi connectivity index (χ3v) is 5.91. The van der Waals surface area contributed by atoms with E-state index in [1.807, 2.05) is 13.8 Å². The minimum absolute atomic E-state index is 0.642. The molecule has 102 valence electrons. The van der Waals surface area contributed by atoms with E-state index in [0.717, 1.165) is 31.6 Å². The molecule has 0 aromatic carbocycles. The average molecular weight is 262 g/mol. The fraction of sp³-hybridized carbons (Fsp3) is 1.00. The van der Waals surface area contributed by atoms with Gasteiger partial charge in [-0.2, -0.15) is 0 Å². The molecular formula is C12H26O4Si. The summed E-state index contributed by atoms with van der Waals surface area (Å²) >= 11 is 0. The second kappa shape index (κ2) is 8.21. The summed E-state index contributed by atoms with van der Waals surface area (Å²) in [6.07, 6.45) is 3.64. The smallest absolute Gasteiger partial charge is 0.381 e. The largest absolute Gasteiger partial charge is 0.500 e. The Hall–Kier alpha value is 0.0569. The number of rotatable bonds is 11. The van der Waals surface area contributed by atoms with Gasteiger partial charge in [-0.1, -0.05) is 0 Å². The lowest BCUT2D eigenvalue weighted by molar-refractivity contribution is 0.0784. The van der Waals surface area contributed by atoms with Gasteiger partial charge in [0.25, 0.3) is 0 Å². The van der Waals surface area contributed by atoms with Crippen LogP contribution < -0.4 is 0 Å². The predicted molar refractivity (Wildman–Crippen MR) is 69.0 cm³/mol. The third kappa shape index (κ3) is 5.97. The molecule has 0 saturated heterocycles. The zero-order valence-corrected chi connectivity index (χ0v) is 12.4. The van der Waals surface area contributed by atoms with Crippen molar-refractivity contribution in [3.63, 3.8) is 0 Å². The first kappa shape index (κ1) is 15.1. The maximum Gasteiger partial charge on any atom is 0.500 e. The van der Waals surface area contributed by atoms with Crippen molar-refractivity contribution in [2.45, 2.75) is 39.2 Å². The molecule has 0 heterocycles. The van der Waals surface area contributed by atoms with Crippen LogP contribution >= 0.6 is 0 Å². The molecule has 0 radical (unpaired) electrons. The van der Waals surface area contributed by atoms with Gasteiger partial charge in [-0.15, -0.1) is 0 Å². The number of hydrogen-bond donors (Lipinski definition) is 0. The molecule has 0 spiro atoms. The quantitative estimate of drug-likeness (QED) is 0.423. The molecule has 1 rings (SSSR count). The highest BCUT2D eigenvalue weighted by molar-refractivity contribution is 6.60. The monoisotopic (exact) mass is 262 g/mol. The lowest BCUT2D eigenvalue weighted by atomic mass is 10.4. The Balaban J connectivity index is 2.16.